The minimum absolute atomic E-state index is 0.146. The van der Waals surface area contributed by atoms with Gasteiger partial charge in [-0.25, -0.2) is 19.2 Å². The first-order chi connectivity index (χ1) is 13.3. The predicted octanol–water partition coefficient (Wildman–Crippen LogP) is 1.17. The van der Waals surface area contributed by atoms with Gasteiger partial charge in [-0.2, -0.15) is 0 Å². The molecule has 0 aliphatic carbocycles. The van der Waals surface area contributed by atoms with Crippen LogP contribution in [-0.4, -0.2) is 55.9 Å². The second kappa shape index (κ2) is 12.4. The van der Waals surface area contributed by atoms with E-state index in [9.17, 15) is 19.2 Å². The van der Waals surface area contributed by atoms with Gasteiger partial charge in [-0.15, -0.1) is 0 Å². The normalized spacial score (nSPS) is 12.4. The van der Waals surface area contributed by atoms with E-state index >= 15 is 0 Å². The molecular weight excluding hydrogens is 372 g/mol. The van der Waals surface area contributed by atoms with E-state index in [1.807, 2.05) is 30.3 Å². The zero-order valence-electron chi connectivity index (χ0n) is 16.0. The Labute approximate surface area is 162 Å². The van der Waals surface area contributed by atoms with Crippen molar-refractivity contribution >= 4 is 23.9 Å². The lowest BCUT2D eigenvalue weighted by atomic mass is 10.2. The number of hydrogen-bond donors (Lipinski definition) is 0. The van der Waals surface area contributed by atoms with Crippen LogP contribution in [0.1, 0.15) is 26.3 Å². The third-order valence-corrected chi connectivity index (χ3v) is 3.23. The summed E-state index contributed by atoms with van der Waals surface area (Å²) in [5.41, 5.74) is 0.887. The molecule has 0 aliphatic rings. The molecule has 0 radical (unpaired) electrons. The maximum atomic E-state index is 11.8. The Bertz CT molecular complexity index is 657. The number of benzene rings is 1. The van der Waals surface area contributed by atoms with Crippen LogP contribution in [0.25, 0.3) is 0 Å². The average molecular weight is 396 g/mol. The van der Waals surface area contributed by atoms with E-state index in [-0.39, 0.29) is 19.8 Å². The summed E-state index contributed by atoms with van der Waals surface area (Å²) in [4.78, 5) is 46.3. The van der Waals surface area contributed by atoms with Crippen molar-refractivity contribution < 1.29 is 42.9 Å². The molecule has 0 saturated carbocycles. The van der Waals surface area contributed by atoms with Crippen molar-refractivity contribution in [3.8, 4) is 0 Å². The molecule has 9 heteroatoms. The topological polar surface area (TPSA) is 114 Å². The van der Waals surface area contributed by atoms with Crippen molar-refractivity contribution in [1.82, 2.24) is 0 Å². The van der Waals surface area contributed by atoms with Crippen LogP contribution in [0.15, 0.2) is 30.3 Å². The number of carbonyl (C=O) groups excluding carboxylic acids is 4. The summed E-state index contributed by atoms with van der Waals surface area (Å²) in [5, 5.41) is 0. The molecule has 0 bridgehead atoms. The lowest BCUT2D eigenvalue weighted by Gasteiger charge is -2.14. The van der Waals surface area contributed by atoms with Gasteiger partial charge in [0.2, 0.25) is 0 Å². The second-order valence-electron chi connectivity index (χ2n) is 5.60. The summed E-state index contributed by atoms with van der Waals surface area (Å²) in [7, 11) is 0. The lowest BCUT2D eigenvalue weighted by Crippen LogP contribution is -2.32. The Morgan fingerprint density at radius 1 is 0.821 bits per heavy atom. The predicted molar refractivity (Wildman–Crippen MR) is 94.8 cm³/mol. The van der Waals surface area contributed by atoms with Crippen molar-refractivity contribution in [3.05, 3.63) is 35.9 Å². The summed E-state index contributed by atoms with van der Waals surface area (Å²) >= 11 is 0. The molecule has 154 valence electrons. The number of hydrogen-bond acceptors (Lipinski definition) is 9. The molecule has 1 rings (SSSR count). The zero-order chi connectivity index (χ0) is 20.9. The Hall–Kier alpha value is -2.94. The number of carbonyl (C=O) groups is 4. The van der Waals surface area contributed by atoms with Crippen LogP contribution in [0.5, 0.6) is 0 Å². The van der Waals surface area contributed by atoms with Gasteiger partial charge < -0.3 is 23.7 Å². The van der Waals surface area contributed by atoms with Gasteiger partial charge in [0, 0.05) is 0 Å². The SMILES string of the molecule is CCOC(=O)C(C)OC(=O)COC(=O)C(C)OC(=O)COCc1ccccc1. The highest BCUT2D eigenvalue weighted by molar-refractivity contribution is 5.83. The van der Waals surface area contributed by atoms with Gasteiger partial charge in [0.1, 0.15) is 6.61 Å². The van der Waals surface area contributed by atoms with Crippen LogP contribution >= 0.6 is 0 Å². The Kier molecular flexibility index (Phi) is 10.3. The van der Waals surface area contributed by atoms with E-state index in [0.717, 1.165) is 5.56 Å². The summed E-state index contributed by atoms with van der Waals surface area (Å²) in [6.45, 7) is 3.54. The van der Waals surface area contributed by atoms with Crippen molar-refractivity contribution in [3.63, 3.8) is 0 Å². The lowest BCUT2D eigenvalue weighted by molar-refractivity contribution is -0.177. The van der Waals surface area contributed by atoms with Gasteiger partial charge in [0.15, 0.2) is 18.8 Å². The van der Waals surface area contributed by atoms with Gasteiger partial charge in [-0.05, 0) is 26.3 Å². The molecule has 0 heterocycles. The quantitative estimate of drug-likeness (QED) is 0.401. The molecule has 2 unspecified atom stereocenters. The minimum atomic E-state index is -1.23. The van der Waals surface area contributed by atoms with Crippen molar-refractivity contribution in [2.24, 2.45) is 0 Å². The van der Waals surface area contributed by atoms with Crippen LogP contribution in [0.4, 0.5) is 0 Å². The molecule has 0 aliphatic heterocycles. The highest BCUT2D eigenvalue weighted by atomic mass is 16.6. The minimum Gasteiger partial charge on any atom is -0.463 e. The molecule has 1 aromatic carbocycles. The fourth-order valence-corrected chi connectivity index (χ4v) is 1.89. The third-order valence-electron chi connectivity index (χ3n) is 3.23. The molecule has 1 aromatic rings. The molecule has 0 fully saturated rings. The molecule has 0 amide bonds. The largest absolute Gasteiger partial charge is 0.463 e. The van der Waals surface area contributed by atoms with Gasteiger partial charge in [-0.3, -0.25) is 0 Å². The summed E-state index contributed by atoms with van der Waals surface area (Å²) in [5.74, 6) is -3.32. The molecule has 0 N–H and O–H groups in total. The van der Waals surface area contributed by atoms with Gasteiger partial charge in [0.05, 0.1) is 13.2 Å². The van der Waals surface area contributed by atoms with E-state index < -0.39 is 42.7 Å². The van der Waals surface area contributed by atoms with Gasteiger partial charge in [-0.1, -0.05) is 30.3 Å². The van der Waals surface area contributed by atoms with Crippen LogP contribution in [0, 0.1) is 0 Å². The first-order valence-corrected chi connectivity index (χ1v) is 8.67. The van der Waals surface area contributed by atoms with Crippen LogP contribution in [0.2, 0.25) is 0 Å². The maximum absolute atomic E-state index is 11.8. The molecule has 28 heavy (non-hydrogen) atoms. The van der Waals surface area contributed by atoms with E-state index in [0.29, 0.717) is 0 Å². The molecule has 0 spiro atoms. The molecule has 9 nitrogen and oxygen atoms in total. The van der Waals surface area contributed by atoms with Crippen LogP contribution in [0.3, 0.4) is 0 Å². The Balaban J connectivity index is 2.25. The number of rotatable bonds is 11. The number of esters is 4. The summed E-state index contributed by atoms with van der Waals surface area (Å²) in [6.07, 6.45) is -2.36. The van der Waals surface area contributed by atoms with E-state index in [4.69, 9.17) is 18.9 Å². The number of ether oxygens (including phenoxy) is 5. The maximum Gasteiger partial charge on any atom is 0.347 e. The van der Waals surface area contributed by atoms with E-state index in [1.54, 1.807) is 6.92 Å². The van der Waals surface area contributed by atoms with E-state index in [2.05, 4.69) is 4.74 Å². The van der Waals surface area contributed by atoms with E-state index in [1.165, 1.54) is 13.8 Å². The Morgan fingerprint density at radius 3 is 1.93 bits per heavy atom. The monoisotopic (exact) mass is 396 g/mol. The third kappa shape index (κ3) is 9.13. The first-order valence-electron chi connectivity index (χ1n) is 8.67. The molecular formula is C19H24O9. The highest BCUT2D eigenvalue weighted by Gasteiger charge is 2.23. The summed E-state index contributed by atoms with van der Waals surface area (Å²) in [6, 6.07) is 9.22. The smallest absolute Gasteiger partial charge is 0.347 e. The van der Waals surface area contributed by atoms with Crippen LogP contribution < -0.4 is 0 Å². The standard InChI is InChI=1S/C19H24O9/c1-4-25-18(22)13(2)28-17(21)12-26-19(23)14(3)27-16(20)11-24-10-15-8-6-5-7-9-15/h5-9,13-14H,4,10-12H2,1-3H3. The van der Waals surface area contributed by atoms with Crippen molar-refractivity contribution in [2.45, 2.75) is 39.6 Å². The van der Waals surface area contributed by atoms with Gasteiger partial charge in [0.25, 0.3) is 0 Å². The summed E-state index contributed by atoms with van der Waals surface area (Å²) < 4.78 is 24.2. The highest BCUT2D eigenvalue weighted by Crippen LogP contribution is 2.02. The molecule has 0 aromatic heterocycles. The first kappa shape index (κ1) is 23.1. The van der Waals surface area contributed by atoms with Crippen molar-refractivity contribution in [2.75, 3.05) is 19.8 Å². The fraction of sp³-hybridized carbons (Fsp3) is 0.474. The Morgan fingerprint density at radius 2 is 1.36 bits per heavy atom. The average Bonchev–Trinajstić information content (AvgIpc) is 2.67. The fourth-order valence-electron chi connectivity index (χ4n) is 1.89. The zero-order valence-corrected chi connectivity index (χ0v) is 16.0. The van der Waals surface area contributed by atoms with Crippen LogP contribution in [-0.2, 0) is 49.5 Å². The molecule has 0 saturated heterocycles. The molecule has 2 atom stereocenters. The van der Waals surface area contributed by atoms with Gasteiger partial charge >= 0.3 is 23.9 Å². The second-order valence-corrected chi connectivity index (χ2v) is 5.60. The van der Waals surface area contributed by atoms with Crippen molar-refractivity contribution in [1.29, 1.82) is 0 Å².